The second-order valence-corrected chi connectivity index (χ2v) is 5.43. The zero-order valence-corrected chi connectivity index (χ0v) is 11.9. The Hall–Kier alpha value is -2.88. The van der Waals surface area contributed by atoms with Crippen LogP contribution in [0.1, 0.15) is 11.3 Å². The van der Waals surface area contributed by atoms with Gasteiger partial charge in [-0.1, -0.05) is 42.5 Å². The zero-order chi connectivity index (χ0) is 14.5. The molecule has 0 aliphatic carbocycles. The molecule has 0 saturated heterocycles. The molecule has 0 bridgehead atoms. The first-order valence-electron chi connectivity index (χ1n) is 7.40. The van der Waals surface area contributed by atoms with Crippen molar-refractivity contribution in [3.05, 3.63) is 65.9 Å². The lowest BCUT2D eigenvalue weighted by atomic mass is 10.1. The number of hydrogen-bond acceptors (Lipinski definition) is 4. The van der Waals surface area contributed by atoms with Gasteiger partial charge in [0, 0.05) is 17.5 Å². The molecule has 1 aromatic heterocycles. The number of nitrogens with zero attached hydrogens (tertiary/aromatic N) is 3. The Morgan fingerprint density at radius 1 is 0.909 bits per heavy atom. The van der Waals surface area contributed by atoms with E-state index in [1.165, 1.54) is 0 Å². The van der Waals surface area contributed by atoms with Crippen molar-refractivity contribution in [3.63, 3.8) is 0 Å². The summed E-state index contributed by atoms with van der Waals surface area (Å²) in [7, 11) is 0. The minimum Gasteiger partial charge on any atom is -0.450 e. The van der Waals surface area contributed by atoms with Gasteiger partial charge in [0.2, 0.25) is 0 Å². The van der Waals surface area contributed by atoms with Crippen LogP contribution in [0.25, 0.3) is 11.0 Å². The first-order valence-corrected chi connectivity index (χ1v) is 7.40. The van der Waals surface area contributed by atoms with Crippen LogP contribution < -0.4 is 0 Å². The maximum Gasteiger partial charge on any atom is 0.196 e. The summed E-state index contributed by atoms with van der Waals surface area (Å²) in [6.45, 7) is 1.62. The summed E-state index contributed by atoms with van der Waals surface area (Å²) in [5.41, 5.74) is 2.86. The summed E-state index contributed by atoms with van der Waals surface area (Å²) in [5, 5.41) is 1.04. The average Bonchev–Trinajstić information content (AvgIpc) is 3.19. The van der Waals surface area contributed by atoms with Gasteiger partial charge in [0.1, 0.15) is 17.1 Å². The summed E-state index contributed by atoms with van der Waals surface area (Å²) in [6.07, 6.45) is 0. The van der Waals surface area contributed by atoms with Crippen LogP contribution in [-0.4, -0.2) is 29.7 Å². The minimum absolute atomic E-state index is 0.775. The number of amidine groups is 2. The van der Waals surface area contributed by atoms with E-state index in [1.54, 1.807) is 0 Å². The van der Waals surface area contributed by atoms with Crippen molar-refractivity contribution in [2.75, 3.05) is 13.1 Å². The fraction of sp³-hybridized carbons (Fsp3) is 0.111. The van der Waals surface area contributed by atoms with Crippen LogP contribution in [0.5, 0.6) is 0 Å². The van der Waals surface area contributed by atoms with E-state index in [0.717, 1.165) is 52.7 Å². The Bertz CT molecular complexity index is 937. The van der Waals surface area contributed by atoms with Gasteiger partial charge in [0.05, 0.1) is 6.54 Å². The summed E-state index contributed by atoms with van der Waals surface area (Å²) >= 11 is 0. The highest BCUT2D eigenvalue weighted by molar-refractivity contribution is 6.22. The van der Waals surface area contributed by atoms with Gasteiger partial charge in [-0.25, -0.2) is 4.99 Å². The first-order chi connectivity index (χ1) is 10.9. The fourth-order valence-corrected chi connectivity index (χ4v) is 3.12. The van der Waals surface area contributed by atoms with Crippen molar-refractivity contribution >= 4 is 28.3 Å². The number of furan rings is 1. The van der Waals surface area contributed by atoms with Gasteiger partial charge in [0.15, 0.2) is 11.6 Å². The van der Waals surface area contributed by atoms with Gasteiger partial charge in [0.25, 0.3) is 0 Å². The molecule has 0 amide bonds. The highest BCUT2D eigenvalue weighted by Crippen LogP contribution is 2.38. The summed E-state index contributed by atoms with van der Waals surface area (Å²) < 4.78 is 6.01. The normalized spacial score (nSPS) is 16.3. The monoisotopic (exact) mass is 287 g/mol. The third kappa shape index (κ3) is 1.52. The first kappa shape index (κ1) is 11.7. The average molecular weight is 287 g/mol. The molecule has 0 radical (unpaired) electrons. The maximum absolute atomic E-state index is 6.01. The molecule has 5 rings (SSSR count). The highest BCUT2D eigenvalue weighted by atomic mass is 16.3. The number of fused-ring (bicyclic) bond motifs is 5. The predicted molar refractivity (Wildman–Crippen MR) is 87.0 cm³/mol. The minimum atomic E-state index is 0.775. The SMILES string of the molecule is c1ccc(C2=Nc3c(oc4ccccc34)C3=NCCN23)cc1. The molecule has 0 atom stereocenters. The summed E-state index contributed by atoms with van der Waals surface area (Å²) in [5.74, 6) is 2.65. The number of rotatable bonds is 1. The smallest absolute Gasteiger partial charge is 0.196 e. The van der Waals surface area contributed by atoms with E-state index in [-0.39, 0.29) is 0 Å². The van der Waals surface area contributed by atoms with Crippen molar-refractivity contribution in [2.24, 2.45) is 9.98 Å². The van der Waals surface area contributed by atoms with Crippen molar-refractivity contribution < 1.29 is 4.42 Å². The van der Waals surface area contributed by atoms with Crippen LogP contribution in [0.2, 0.25) is 0 Å². The number of benzene rings is 2. The fourth-order valence-electron chi connectivity index (χ4n) is 3.12. The molecule has 0 unspecified atom stereocenters. The Morgan fingerprint density at radius 3 is 2.64 bits per heavy atom. The van der Waals surface area contributed by atoms with Gasteiger partial charge in [-0.05, 0) is 12.1 Å². The number of aliphatic imine (C=N–C) groups is 2. The molecule has 0 saturated carbocycles. The van der Waals surface area contributed by atoms with Gasteiger partial charge < -0.3 is 9.32 Å². The van der Waals surface area contributed by atoms with E-state index in [0.29, 0.717) is 0 Å². The lowest BCUT2D eigenvalue weighted by Crippen LogP contribution is -2.37. The van der Waals surface area contributed by atoms with Crippen LogP contribution >= 0.6 is 0 Å². The molecule has 2 aliphatic heterocycles. The van der Waals surface area contributed by atoms with Crippen molar-refractivity contribution in [1.82, 2.24) is 4.90 Å². The van der Waals surface area contributed by atoms with Crippen molar-refractivity contribution in [2.45, 2.75) is 0 Å². The largest absolute Gasteiger partial charge is 0.450 e. The van der Waals surface area contributed by atoms with Crippen LogP contribution in [0, 0.1) is 0 Å². The molecule has 3 heterocycles. The number of hydrogen-bond donors (Lipinski definition) is 0. The topological polar surface area (TPSA) is 41.1 Å². The van der Waals surface area contributed by atoms with Crippen LogP contribution in [0.3, 0.4) is 0 Å². The summed E-state index contributed by atoms with van der Waals surface area (Å²) in [4.78, 5) is 11.7. The molecule has 0 spiro atoms. The molecule has 3 aromatic rings. The molecular formula is C18H13N3O. The lowest BCUT2D eigenvalue weighted by molar-refractivity contribution is 0.575. The molecule has 4 heteroatoms. The standard InChI is InChI=1S/C18H13N3O/c1-2-6-12(7-3-1)17-20-15-13-8-4-5-9-14(13)22-16(15)18-19-10-11-21(17)18/h1-9H,10-11H2. The Labute approximate surface area is 127 Å². The molecule has 2 aromatic carbocycles. The zero-order valence-electron chi connectivity index (χ0n) is 11.9. The quantitative estimate of drug-likeness (QED) is 0.686. The Kier molecular flexibility index (Phi) is 2.30. The van der Waals surface area contributed by atoms with E-state index in [1.807, 2.05) is 36.4 Å². The molecule has 4 nitrogen and oxygen atoms in total. The van der Waals surface area contributed by atoms with E-state index >= 15 is 0 Å². The van der Waals surface area contributed by atoms with Gasteiger partial charge in [-0.2, -0.15) is 0 Å². The van der Waals surface area contributed by atoms with E-state index in [9.17, 15) is 0 Å². The van der Waals surface area contributed by atoms with E-state index in [4.69, 9.17) is 9.41 Å². The molecular weight excluding hydrogens is 274 g/mol. The third-order valence-corrected chi connectivity index (χ3v) is 4.12. The van der Waals surface area contributed by atoms with Crippen LogP contribution in [0.4, 0.5) is 5.69 Å². The summed E-state index contributed by atoms with van der Waals surface area (Å²) in [6, 6.07) is 18.3. The van der Waals surface area contributed by atoms with Gasteiger partial charge >= 0.3 is 0 Å². The Morgan fingerprint density at radius 2 is 1.73 bits per heavy atom. The molecule has 22 heavy (non-hydrogen) atoms. The van der Waals surface area contributed by atoms with Gasteiger partial charge in [-0.15, -0.1) is 0 Å². The Balaban J connectivity index is 1.82. The maximum atomic E-state index is 6.01. The van der Waals surface area contributed by atoms with Gasteiger partial charge in [-0.3, -0.25) is 4.99 Å². The van der Waals surface area contributed by atoms with Crippen LogP contribution in [0.15, 0.2) is 69.0 Å². The molecule has 0 N–H and O–H groups in total. The predicted octanol–water partition coefficient (Wildman–Crippen LogP) is 3.59. The van der Waals surface area contributed by atoms with Crippen molar-refractivity contribution in [1.29, 1.82) is 0 Å². The molecule has 106 valence electrons. The van der Waals surface area contributed by atoms with E-state index < -0.39 is 0 Å². The second kappa shape index (κ2) is 4.31. The third-order valence-electron chi connectivity index (χ3n) is 4.12. The molecule has 0 fully saturated rings. The second-order valence-electron chi connectivity index (χ2n) is 5.43. The van der Waals surface area contributed by atoms with E-state index in [2.05, 4.69) is 28.1 Å². The highest BCUT2D eigenvalue weighted by Gasteiger charge is 2.34. The lowest BCUT2D eigenvalue weighted by Gasteiger charge is -2.25. The van der Waals surface area contributed by atoms with Crippen molar-refractivity contribution in [3.8, 4) is 0 Å². The number of para-hydroxylation sites is 1. The van der Waals surface area contributed by atoms with Crippen LogP contribution in [-0.2, 0) is 0 Å². The molecule has 2 aliphatic rings.